The molecule has 1 aromatic heterocycles. The number of phenolic OH excluding ortho intramolecular Hbond substituents is 1. The van der Waals surface area contributed by atoms with Crippen molar-refractivity contribution in [3.05, 3.63) is 45.8 Å². The third kappa shape index (κ3) is 6.53. The second-order valence-electron chi connectivity index (χ2n) is 9.31. The summed E-state index contributed by atoms with van der Waals surface area (Å²) in [5.41, 5.74) is 2.42. The minimum Gasteiger partial charge on any atom is -0.508 e. The number of carbonyl (C=O) groups excluding carboxylic acids is 2. The lowest BCUT2D eigenvalue weighted by molar-refractivity contribution is -0.116. The Morgan fingerprint density at radius 2 is 2.11 bits per heavy atom. The number of alkyl carbamates (subject to hydrolysis) is 1. The van der Waals surface area contributed by atoms with E-state index in [-0.39, 0.29) is 42.0 Å². The molecule has 35 heavy (non-hydrogen) atoms. The van der Waals surface area contributed by atoms with E-state index in [9.17, 15) is 20.0 Å². The van der Waals surface area contributed by atoms with Crippen molar-refractivity contribution in [2.75, 3.05) is 25.1 Å². The number of nitriles is 1. The molecule has 0 saturated carbocycles. The summed E-state index contributed by atoms with van der Waals surface area (Å²) >= 11 is 1.44. The number of carbonyl (C=O) groups is 2. The summed E-state index contributed by atoms with van der Waals surface area (Å²) in [6.45, 7) is 3.58. The second-order valence-corrected chi connectivity index (χ2v) is 10.4. The van der Waals surface area contributed by atoms with Crippen molar-refractivity contribution in [2.24, 2.45) is 5.92 Å². The molecule has 1 aliphatic heterocycles. The Morgan fingerprint density at radius 1 is 1.31 bits per heavy atom. The average molecular weight is 498 g/mol. The van der Waals surface area contributed by atoms with E-state index in [4.69, 9.17) is 9.47 Å². The molecule has 1 aromatic carbocycles. The minimum atomic E-state index is -0.389. The van der Waals surface area contributed by atoms with Crippen LogP contribution in [0, 0.1) is 17.2 Å². The molecule has 2 aliphatic rings. The molecule has 186 valence electrons. The molecule has 2 atom stereocenters. The number of phenols is 1. The summed E-state index contributed by atoms with van der Waals surface area (Å²) in [5.74, 6) is 0.117. The van der Waals surface area contributed by atoms with Crippen LogP contribution in [0.15, 0.2) is 24.3 Å². The minimum absolute atomic E-state index is 0.0731. The third-order valence-electron chi connectivity index (χ3n) is 6.66. The van der Waals surface area contributed by atoms with E-state index in [0.29, 0.717) is 30.4 Å². The predicted molar refractivity (Wildman–Crippen MR) is 133 cm³/mol. The van der Waals surface area contributed by atoms with Crippen LogP contribution in [-0.4, -0.2) is 43.0 Å². The number of amides is 2. The molecule has 0 bridgehead atoms. The fraction of sp³-hybridized carbons (Fsp3) is 0.500. The van der Waals surface area contributed by atoms with E-state index >= 15 is 0 Å². The molecule has 2 amide bonds. The van der Waals surface area contributed by atoms with Crippen LogP contribution in [-0.2, 0) is 27.1 Å². The zero-order chi connectivity index (χ0) is 24.8. The number of nitrogens with one attached hydrogen (secondary N) is 2. The quantitative estimate of drug-likeness (QED) is 0.519. The molecule has 2 aromatic rings. The van der Waals surface area contributed by atoms with Gasteiger partial charge >= 0.3 is 6.09 Å². The highest BCUT2D eigenvalue weighted by Crippen LogP contribution is 2.39. The van der Waals surface area contributed by atoms with Gasteiger partial charge in [0.1, 0.15) is 16.8 Å². The van der Waals surface area contributed by atoms with Gasteiger partial charge in [0.2, 0.25) is 5.91 Å². The lowest BCUT2D eigenvalue weighted by Crippen LogP contribution is -2.39. The first-order valence-corrected chi connectivity index (χ1v) is 12.9. The number of rotatable bonds is 7. The average Bonchev–Trinajstić information content (AvgIpc) is 3.19. The van der Waals surface area contributed by atoms with E-state index in [1.54, 1.807) is 18.2 Å². The van der Waals surface area contributed by atoms with Gasteiger partial charge < -0.3 is 25.2 Å². The van der Waals surface area contributed by atoms with Crippen molar-refractivity contribution < 1.29 is 24.2 Å². The van der Waals surface area contributed by atoms with Crippen molar-refractivity contribution in [3.63, 3.8) is 0 Å². The molecular formula is C26H31N3O5S. The first-order chi connectivity index (χ1) is 16.9. The standard InChI is InChI=1S/C26H31N3O5S/c1-16(18-3-2-4-20(30)13-18)11-24(31)29-25-22(14-27)21-6-5-17(12-23(21)35-25)15-34-26(32)28-19-7-9-33-10-8-19/h2-4,13,16-17,19,30H,5-12,15H2,1H3,(H,28,32)(H,29,31). The molecule has 2 heterocycles. The number of hydrogen-bond acceptors (Lipinski definition) is 7. The number of ether oxygens (including phenoxy) is 2. The van der Waals surface area contributed by atoms with Gasteiger partial charge in [0.15, 0.2) is 0 Å². The van der Waals surface area contributed by atoms with Crippen LogP contribution in [0.1, 0.15) is 60.1 Å². The Kier molecular flexibility index (Phi) is 8.26. The van der Waals surface area contributed by atoms with Gasteiger partial charge in [-0.05, 0) is 67.2 Å². The lowest BCUT2D eigenvalue weighted by atomic mass is 9.88. The summed E-state index contributed by atoms with van der Waals surface area (Å²) < 4.78 is 10.8. The Bertz CT molecular complexity index is 1100. The molecule has 1 aliphatic carbocycles. The summed E-state index contributed by atoms with van der Waals surface area (Å²) in [6, 6.07) is 9.28. The van der Waals surface area contributed by atoms with Gasteiger partial charge in [0.05, 0.1) is 12.2 Å². The van der Waals surface area contributed by atoms with Crippen LogP contribution < -0.4 is 10.6 Å². The third-order valence-corrected chi connectivity index (χ3v) is 7.83. The lowest BCUT2D eigenvalue weighted by Gasteiger charge is -2.25. The molecule has 4 rings (SSSR count). The topological polar surface area (TPSA) is 121 Å². The summed E-state index contributed by atoms with van der Waals surface area (Å²) in [5, 5.41) is 25.9. The fourth-order valence-electron chi connectivity index (χ4n) is 4.65. The van der Waals surface area contributed by atoms with Crippen LogP contribution in [0.4, 0.5) is 9.80 Å². The molecule has 3 N–H and O–H groups in total. The van der Waals surface area contributed by atoms with Crippen molar-refractivity contribution in [1.29, 1.82) is 5.26 Å². The Balaban J connectivity index is 1.32. The highest BCUT2D eigenvalue weighted by Gasteiger charge is 2.28. The Labute approximate surface area is 209 Å². The molecule has 0 radical (unpaired) electrons. The number of hydrogen-bond donors (Lipinski definition) is 3. The fourth-order valence-corrected chi connectivity index (χ4v) is 5.98. The van der Waals surface area contributed by atoms with Crippen LogP contribution in [0.2, 0.25) is 0 Å². The van der Waals surface area contributed by atoms with Crippen molar-refractivity contribution in [1.82, 2.24) is 5.32 Å². The van der Waals surface area contributed by atoms with E-state index in [1.165, 1.54) is 11.3 Å². The number of anilines is 1. The molecule has 0 spiro atoms. The summed E-state index contributed by atoms with van der Waals surface area (Å²) in [4.78, 5) is 25.9. The second kappa shape index (κ2) is 11.6. The van der Waals surface area contributed by atoms with Crippen LogP contribution >= 0.6 is 11.3 Å². The van der Waals surface area contributed by atoms with Crippen molar-refractivity contribution in [2.45, 2.75) is 57.4 Å². The van der Waals surface area contributed by atoms with Gasteiger partial charge in [-0.3, -0.25) is 4.79 Å². The van der Waals surface area contributed by atoms with Gasteiger partial charge in [-0.15, -0.1) is 11.3 Å². The first kappa shape index (κ1) is 25.0. The molecule has 8 nitrogen and oxygen atoms in total. The van der Waals surface area contributed by atoms with Gasteiger partial charge in [-0.25, -0.2) is 4.79 Å². The van der Waals surface area contributed by atoms with Crippen molar-refractivity contribution >= 4 is 28.3 Å². The first-order valence-electron chi connectivity index (χ1n) is 12.1. The largest absolute Gasteiger partial charge is 0.508 e. The van der Waals surface area contributed by atoms with Crippen molar-refractivity contribution in [3.8, 4) is 11.8 Å². The van der Waals surface area contributed by atoms with Gasteiger partial charge in [-0.1, -0.05) is 19.1 Å². The number of nitrogens with zero attached hydrogens (tertiary/aromatic N) is 1. The zero-order valence-electron chi connectivity index (χ0n) is 19.8. The molecule has 2 unspecified atom stereocenters. The molecular weight excluding hydrogens is 466 g/mol. The summed E-state index contributed by atoms with van der Waals surface area (Å²) in [6.07, 6.45) is 3.72. The smallest absolute Gasteiger partial charge is 0.407 e. The predicted octanol–water partition coefficient (Wildman–Crippen LogP) is 4.47. The van der Waals surface area contributed by atoms with E-state index in [0.717, 1.165) is 48.1 Å². The molecule has 1 saturated heterocycles. The number of aromatic hydroxyl groups is 1. The summed E-state index contributed by atoms with van der Waals surface area (Å²) in [7, 11) is 0. The molecule has 1 fully saturated rings. The number of fused-ring (bicyclic) bond motifs is 1. The zero-order valence-corrected chi connectivity index (χ0v) is 20.7. The number of thiophene rings is 1. The van der Waals surface area contributed by atoms with Gasteiger partial charge in [0, 0.05) is 30.6 Å². The van der Waals surface area contributed by atoms with E-state index in [2.05, 4.69) is 16.7 Å². The SMILES string of the molecule is CC(CC(=O)Nc1sc2c(c1C#N)CCC(COC(=O)NC1CCOCC1)C2)c1cccc(O)c1. The molecule has 9 heteroatoms. The highest BCUT2D eigenvalue weighted by molar-refractivity contribution is 7.16. The van der Waals surface area contributed by atoms with Crippen LogP contribution in [0.5, 0.6) is 5.75 Å². The maximum Gasteiger partial charge on any atom is 0.407 e. The monoisotopic (exact) mass is 497 g/mol. The Hall–Kier alpha value is -3.09. The van der Waals surface area contributed by atoms with Gasteiger partial charge in [0.25, 0.3) is 0 Å². The number of benzene rings is 1. The van der Waals surface area contributed by atoms with E-state index < -0.39 is 0 Å². The normalized spacial score (nSPS) is 18.7. The van der Waals surface area contributed by atoms with Crippen LogP contribution in [0.25, 0.3) is 0 Å². The van der Waals surface area contributed by atoms with Gasteiger partial charge in [-0.2, -0.15) is 5.26 Å². The Morgan fingerprint density at radius 3 is 2.86 bits per heavy atom. The van der Waals surface area contributed by atoms with Crippen LogP contribution in [0.3, 0.4) is 0 Å². The highest BCUT2D eigenvalue weighted by atomic mass is 32.1. The van der Waals surface area contributed by atoms with E-state index in [1.807, 2.05) is 13.0 Å². The maximum atomic E-state index is 12.7. The maximum absolute atomic E-state index is 12.7.